The second kappa shape index (κ2) is 13.6. The van der Waals surface area contributed by atoms with Crippen LogP contribution in [0.5, 0.6) is 11.5 Å². The molecule has 0 unspecified atom stereocenters. The number of nitrogens with zero attached hydrogens (tertiary/aromatic N) is 2. The minimum absolute atomic E-state index is 0.0460. The molecule has 0 radical (unpaired) electrons. The quantitative estimate of drug-likeness (QED) is 0.195. The van der Waals surface area contributed by atoms with Gasteiger partial charge in [-0.25, -0.2) is 0 Å². The van der Waals surface area contributed by atoms with Crippen molar-refractivity contribution in [2.75, 3.05) is 11.5 Å². The lowest BCUT2D eigenvalue weighted by Crippen LogP contribution is -2.48. The minimum Gasteiger partial charge on any atom is -0.454 e. The average molecular weight is 677 g/mol. The van der Waals surface area contributed by atoms with Gasteiger partial charge < -0.3 is 24.3 Å². The number of para-hydroxylation sites is 3. The van der Waals surface area contributed by atoms with Gasteiger partial charge in [-0.1, -0.05) is 67.6 Å². The Bertz CT molecular complexity index is 1860. The van der Waals surface area contributed by atoms with E-state index in [4.69, 9.17) is 9.47 Å². The van der Waals surface area contributed by atoms with Crippen LogP contribution in [0.4, 0.5) is 11.4 Å². The third-order valence-corrected chi connectivity index (χ3v) is 13.0. The zero-order chi connectivity index (χ0) is 34.3. The van der Waals surface area contributed by atoms with Crippen molar-refractivity contribution < 1.29 is 29.0 Å². The van der Waals surface area contributed by atoms with Gasteiger partial charge in [0.15, 0.2) is 14.1 Å². The molecule has 0 saturated carbocycles. The highest BCUT2D eigenvalue weighted by Crippen LogP contribution is 2.46. The van der Waals surface area contributed by atoms with Crippen molar-refractivity contribution in [3.05, 3.63) is 119 Å². The minimum atomic E-state index is -2.71. The maximum atomic E-state index is 14.0. The van der Waals surface area contributed by atoms with Crippen LogP contribution in [-0.2, 0) is 28.9 Å². The van der Waals surface area contributed by atoms with Crippen LogP contribution in [0.1, 0.15) is 46.8 Å². The molecule has 8 nitrogen and oxygen atoms in total. The van der Waals surface area contributed by atoms with Gasteiger partial charge in [0, 0.05) is 17.8 Å². The normalized spacial score (nSPS) is 23.3. The van der Waals surface area contributed by atoms with E-state index in [0.29, 0.717) is 48.6 Å². The van der Waals surface area contributed by atoms with Crippen molar-refractivity contribution in [2.24, 2.45) is 5.92 Å². The summed E-state index contributed by atoms with van der Waals surface area (Å²) in [6.07, 6.45) is 1.69. The van der Waals surface area contributed by atoms with Crippen molar-refractivity contribution in [3.8, 4) is 11.5 Å². The first-order valence-corrected chi connectivity index (χ1v) is 20.3. The lowest BCUT2D eigenvalue weighted by molar-refractivity contribution is -0.138. The summed E-state index contributed by atoms with van der Waals surface area (Å²) in [6, 6.07) is 30.7. The second-order valence-corrected chi connectivity index (χ2v) is 18.2. The van der Waals surface area contributed by atoms with E-state index in [1.54, 1.807) is 15.9 Å². The van der Waals surface area contributed by atoms with Crippen LogP contribution in [0.2, 0.25) is 18.6 Å². The van der Waals surface area contributed by atoms with Crippen LogP contribution in [0.3, 0.4) is 0 Å². The molecule has 0 spiro atoms. The van der Waals surface area contributed by atoms with Gasteiger partial charge in [0.2, 0.25) is 5.91 Å². The summed E-state index contributed by atoms with van der Waals surface area (Å²) >= 11 is 0. The Kier molecular flexibility index (Phi) is 9.19. The predicted octanol–water partition coefficient (Wildman–Crippen LogP) is 7.01. The molecule has 2 N–H and O–H groups in total. The highest BCUT2D eigenvalue weighted by atomic mass is 28.4. The molecule has 5 atom stereocenters. The summed E-state index contributed by atoms with van der Waals surface area (Å²) in [5.74, 6) is 1.00. The fourth-order valence-corrected chi connectivity index (χ4v) is 10.8. The summed E-state index contributed by atoms with van der Waals surface area (Å²) in [5.41, 5.74) is 5.16. The third-order valence-electron chi connectivity index (χ3n) is 10.5. The van der Waals surface area contributed by atoms with E-state index in [1.807, 2.05) is 85.9 Å². The van der Waals surface area contributed by atoms with Gasteiger partial charge in [0.05, 0.1) is 42.5 Å². The fraction of sp³-hybridized carbons (Fsp3) is 0.350. The number of carbonyl (C=O) groups is 2. The monoisotopic (exact) mass is 676 g/mol. The number of ether oxygens (including phenoxy) is 2. The number of hydrogen-bond donors (Lipinski definition) is 2. The van der Waals surface area contributed by atoms with E-state index >= 15 is 0 Å². The largest absolute Gasteiger partial charge is 0.454 e. The van der Waals surface area contributed by atoms with Crippen LogP contribution < -0.4 is 9.64 Å². The van der Waals surface area contributed by atoms with Gasteiger partial charge in [-0.3, -0.25) is 14.5 Å². The number of amides is 2. The molecule has 0 bridgehead atoms. The SMILES string of the molecule is C[C@@H]1[C@@H]([Si](C)(C)O)[C@H](CC(=O)N2Cc3ccccc3C[C@H]2CO)O[C@@H]1CCc1cccc(N2C(=O)c3ccccc3Oc3ccccc32)c1. The van der Waals surface area contributed by atoms with Crippen LogP contribution in [0, 0.1) is 5.92 Å². The fourth-order valence-electron chi connectivity index (χ4n) is 8.16. The molecule has 3 aliphatic rings. The average Bonchev–Trinajstić information content (AvgIpc) is 3.35. The molecule has 1 saturated heterocycles. The van der Waals surface area contributed by atoms with Gasteiger partial charge in [-0.2, -0.15) is 0 Å². The Balaban J connectivity index is 1.08. The highest BCUT2D eigenvalue weighted by molar-refractivity contribution is 6.71. The van der Waals surface area contributed by atoms with Crippen molar-refractivity contribution in [1.29, 1.82) is 0 Å². The maximum Gasteiger partial charge on any atom is 0.266 e. The number of fused-ring (bicyclic) bond motifs is 3. The zero-order valence-corrected chi connectivity index (χ0v) is 29.3. The molecule has 0 aromatic heterocycles. The van der Waals surface area contributed by atoms with E-state index in [0.717, 1.165) is 16.8 Å². The van der Waals surface area contributed by atoms with Gasteiger partial charge in [-0.15, -0.1) is 0 Å². The lowest BCUT2D eigenvalue weighted by Gasteiger charge is -2.37. The predicted molar refractivity (Wildman–Crippen MR) is 192 cm³/mol. The first kappa shape index (κ1) is 33.2. The number of aryl methyl sites for hydroxylation is 1. The number of rotatable bonds is 8. The molecule has 3 aliphatic heterocycles. The standard InChI is InChI=1S/C40H44N2O6Si/c1-26-34(47-37(39(26)49(2,3)46)23-38(44)41-24-29-13-5-4-12-28(29)22-31(41)25-43)20-19-27-11-10-14-30(21-27)42-33-16-7-9-18-36(33)48-35-17-8-6-15-32(35)40(42)45/h4-18,21,26,31,34,37,39,43,46H,19-20,22-25H2,1-3H3/t26-,31-,34+,37-,39+/m0/s1. The number of aliphatic hydroxyl groups is 1. The number of anilines is 2. The van der Waals surface area contributed by atoms with E-state index < -0.39 is 14.4 Å². The number of carbonyl (C=O) groups excluding carboxylic acids is 2. The molecule has 4 aromatic carbocycles. The summed E-state index contributed by atoms with van der Waals surface area (Å²) in [4.78, 5) is 42.7. The molecular formula is C40H44N2O6Si. The topological polar surface area (TPSA) is 99.5 Å². The van der Waals surface area contributed by atoms with Gasteiger partial charge in [0.1, 0.15) is 5.75 Å². The molecule has 1 fully saturated rings. The van der Waals surface area contributed by atoms with E-state index in [-0.39, 0.29) is 48.4 Å². The zero-order valence-electron chi connectivity index (χ0n) is 28.3. The molecule has 254 valence electrons. The number of aliphatic hydroxyl groups excluding tert-OH is 1. The molecular weight excluding hydrogens is 633 g/mol. The first-order chi connectivity index (χ1) is 23.6. The lowest BCUT2D eigenvalue weighted by atomic mass is 9.93. The second-order valence-electron chi connectivity index (χ2n) is 14.2. The molecule has 2 amide bonds. The third kappa shape index (κ3) is 6.56. The molecule has 4 aromatic rings. The Morgan fingerprint density at radius 3 is 2.39 bits per heavy atom. The van der Waals surface area contributed by atoms with Gasteiger partial charge in [-0.05, 0) is 91.4 Å². The molecule has 7 rings (SSSR count). The van der Waals surface area contributed by atoms with E-state index in [1.165, 1.54) is 5.56 Å². The highest BCUT2D eigenvalue weighted by Gasteiger charge is 2.50. The van der Waals surface area contributed by atoms with E-state index in [2.05, 4.69) is 25.1 Å². The van der Waals surface area contributed by atoms with E-state index in [9.17, 15) is 19.5 Å². The van der Waals surface area contributed by atoms with Crippen molar-refractivity contribution in [3.63, 3.8) is 0 Å². The number of benzene rings is 4. The van der Waals surface area contributed by atoms with Crippen LogP contribution >= 0.6 is 0 Å². The summed E-state index contributed by atoms with van der Waals surface area (Å²) in [6.45, 7) is 6.38. The Hall–Kier alpha value is -4.28. The van der Waals surface area contributed by atoms with Crippen molar-refractivity contribution in [1.82, 2.24) is 4.90 Å². The summed E-state index contributed by atoms with van der Waals surface area (Å²) < 4.78 is 12.9. The van der Waals surface area contributed by atoms with Crippen molar-refractivity contribution >= 4 is 31.5 Å². The molecule has 0 aliphatic carbocycles. The van der Waals surface area contributed by atoms with Gasteiger partial charge in [0.25, 0.3) is 5.91 Å². The first-order valence-electron chi connectivity index (χ1n) is 17.3. The molecule has 3 heterocycles. The van der Waals surface area contributed by atoms with Crippen LogP contribution in [0.25, 0.3) is 0 Å². The van der Waals surface area contributed by atoms with Crippen LogP contribution in [-0.4, -0.2) is 59.8 Å². The Labute approximate surface area is 289 Å². The maximum absolute atomic E-state index is 14.0. The molecule has 9 heteroatoms. The smallest absolute Gasteiger partial charge is 0.266 e. The Morgan fingerprint density at radius 2 is 1.61 bits per heavy atom. The summed E-state index contributed by atoms with van der Waals surface area (Å²) in [5, 5.41) is 10.2. The van der Waals surface area contributed by atoms with Crippen molar-refractivity contribution in [2.45, 2.75) is 76.0 Å². The van der Waals surface area contributed by atoms with Crippen LogP contribution in [0.15, 0.2) is 97.1 Å². The summed E-state index contributed by atoms with van der Waals surface area (Å²) in [7, 11) is -2.71. The Morgan fingerprint density at radius 1 is 0.898 bits per heavy atom. The number of hydrogen-bond acceptors (Lipinski definition) is 6. The molecule has 49 heavy (non-hydrogen) atoms. The van der Waals surface area contributed by atoms with Gasteiger partial charge >= 0.3 is 0 Å².